The average molecular weight is 256 g/mol. The van der Waals surface area contributed by atoms with E-state index in [-0.39, 0.29) is 5.75 Å². The van der Waals surface area contributed by atoms with Crippen LogP contribution in [0, 0.1) is 17.6 Å². The van der Waals surface area contributed by atoms with E-state index in [1.54, 1.807) is 0 Å². The topological polar surface area (TPSA) is 9.23 Å². The van der Waals surface area contributed by atoms with Gasteiger partial charge in [-0.25, -0.2) is 8.78 Å². The van der Waals surface area contributed by atoms with Crippen LogP contribution in [0.15, 0.2) is 18.2 Å². The maximum atomic E-state index is 12.5. The van der Waals surface area contributed by atoms with Gasteiger partial charge in [-0.15, -0.1) is 0 Å². The number of hydrogen-bond acceptors (Lipinski definition) is 1. The van der Waals surface area contributed by atoms with Crippen molar-refractivity contribution < 1.29 is 13.5 Å². The lowest BCUT2D eigenvalue weighted by atomic mass is 9.88. The van der Waals surface area contributed by atoms with Crippen molar-refractivity contribution in [2.24, 2.45) is 5.92 Å². The maximum absolute atomic E-state index is 12.5. The Morgan fingerprint density at radius 1 is 1.17 bits per heavy atom. The molecule has 0 radical (unpaired) electrons. The Kier molecular flexibility index (Phi) is 6.69. The quantitative estimate of drug-likeness (QED) is 0.727. The second kappa shape index (κ2) is 8.06. The molecule has 0 atom stereocenters. The summed E-state index contributed by atoms with van der Waals surface area (Å²) in [7, 11) is 1.33. The molecular weight excluding hydrogens is 234 g/mol. The molecule has 0 amide bonds. The zero-order chi connectivity index (χ0) is 13.4. The van der Waals surface area contributed by atoms with Gasteiger partial charge in [-0.1, -0.05) is 45.4 Å². The molecule has 2 rings (SSSR count). The minimum absolute atomic E-state index is 0.0569. The lowest BCUT2D eigenvalue weighted by molar-refractivity contribution is 0.349. The van der Waals surface area contributed by atoms with Crippen LogP contribution in [-0.4, -0.2) is 7.11 Å². The van der Waals surface area contributed by atoms with E-state index in [0.717, 1.165) is 18.1 Å². The number of methoxy groups -OCH3 is 1. The third kappa shape index (κ3) is 5.03. The molecule has 0 N–H and O–H groups in total. The van der Waals surface area contributed by atoms with Crippen LogP contribution in [0.2, 0.25) is 0 Å². The highest BCUT2D eigenvalue weighted by Gasteiger charge is 2.09. The predicted octanol–water partition coefficient (Wildman–Crippen LogP) is 4.95. The molecule has 1 saturated carbocycles. The van der Waals surface area contributed by atoms with Gasteiger partial charge >= 0.3 is 0 Å². The van der Waals surface area contributed by atoms with Gasteiger partial charge in [0.2, 0.25) is 0 Å². The van der Waals surface area contributed by atoms with Gasteiger partial charge < -0.3 is 4.74 Å². The van der Waals surface area contributed by atoms with Gasteiger partial charge in [0.25, 0.3) is 0 Å². The molecule has 1 aliphatic rings. The zero-order valence-corrected chi connectivity index (χ0v) is 11.2. The summed E-state index contributed by atoms with van der Waals surface area (Å²) in [6.45, 7) is 2.32. The monoisotopic (exact) mass is 256 g/mol. The van der Waals surface area contributed by atoms with E-state index in [2.05, 4.69) is 11.7 Å². The van der Waals surface area contributed by atoms with Gasteiger partial charge in [0.05, 0.1) is 7.11 Å². The fourth-order valence-corrected chi connectivity index (χ4v) is 2.24. The molecule has 1 aromatic rings. The Morgan fingerprint density at radius 3 is 2.28 bits per heavy atom. The minimum Gasteiger partial charge on any atom is -0.494 e. The van der Waals surface area contributed by atoms with Gasteiger partial charge in [0, 0.05) is 6.07 Å². The van der Waals surface area contributed by atoms with E-state index in [9.17, 15) is 8.78 Å². The maximum Gasteiger partial charge on any atom is 0.167 e. The van der Waals surface area contributed by atoms with E-state index in [1.165, 1.54) is 51.7 Å². The summed E-state index contributed by atoms with van der Waals surface area (Å²) < 4.78 is 29.2. The number of hydrogen-bond donors (Lipinski definition) is 0. The number of benzene rings is 1. The van der Waals surface area contributed by atoms with Crippen molar-refractivity contribution in [3.63, 3.8) is 0 Å². The largest absolute Gasteiger partial charge is 0.494 e. The standard InChI is InChI=1S/C8H16.C7H6F2O/c1-2-8-6-4-3-5-7-8;1-10-7-3-2-5(8)4-6(7)9/h8H,2-7H2,1H3;2-4H,1H3. The average Bonchev–Trinajstić information content (AvgIpc) is 2.40. The number of rotatable bonds is 2. The summed E-state index contributed by atoms with van der Waals surface area (Å²) in [5, 5.41) is 0. The summed E-state index contributed by atoms with van der Waals surface area (Å²) >= 11 is 0. The van der Waals surface area contributed by atoms with Crippen LogP contribution >= 0.6 is 0 Å². The molecule has 1 nitrogen and oxygen atoms in total. The highest BCUT2D eigenvalue weighted by atomic mass is 19.1. The van der Waals surface area contributed by atoms with E-state index in [4.69, 9.17) is 0 Å². The number of ether oxygens (including phenoxy) is 1. The fraction of sp³-hybridized carbons (Fsp3) is 0.600. The highest BCUT2D eigenvalue weighted by molar-refractivity contribution is 5.24. The van der Waals surface area contributed by atoms with Crippen LogP contribution in [0.1, 0.15) is 45.4 Å². The van der Waals surface area contributed by atoms with Crippen molar-refractivity contribution in [3.05, 3.63) is 29.8 Å². The second-order valence-electron chi connectivity index (χ2n) is 4.69. The smallest absolute Gasteiger partial charge is 0.167 e. The van der Waals surface area contributed by atoms with E-state index in [0.29, 0.717) is 0 Å². The van der Waals surface area contributed by atoms with Crippen LogP contribution in [0.4, 0.5) is 8.78 Å². The number of halogens is 2. The van der Waals surface area contributed by atoms with Crippen molar-refractivity contribution in [2.45, 2.75) is 45.4 Å². The first-order valence-electron chi connectivity index (χ1n) is 6.66. The molecule has 0 spiro atoms. The molecule has 0 unspecified atom stereocenters. The zero-order valence-electron chi connectivity index (χ0n) is 11.2. The van der Waals surface area contributed by atoms with Crippen LogP contribution in [0.3, 0.4) is 0 Å². The molecular formula is C15H22F2O. The molecule has 0 bridgehead atoms. The third-order valence-corrected chi connectivity index (χ3v) is 3.42. The molecule has 1 aromatic carbocycles. The summed E-state index contributed by atoms with van der Waals surface area (Å²) in [6.07, 6.45) is 8.93. The van der Waals surface area contributed by atoms with Crippen LogP contribution in [-0.2, 0) is 0 Å². The van der Waals surface area contributed by atoms with Crippen molar-refractivity contribution in [1.82, 2.24) is 0 Å². The van der Waals surface area contributed by atoms with Gasteiger partial charge in [0.15, 0.2) is 11.6 Å². The molecule has 102 valence electrons. The van der Waals surface area contributed by atoms with Crippen molar-refractivity contribution >= 4 is 0 Å². The van der Waals surface area contributed by atoms with Crippen LogP contribution in [0.25, 0.3) is 0 Å². The van der Waals surface area contributed by atoms with Gasteiger partial charge in [-0.2, -0.15) is 0 Å². The Bertz CT molecular complexity index is 346. The first-order valence-corrected chi connectivity index (χ1v) is 6.66. The minimum atomic E-state index is -0.678. The van der Waals surface area contributed by atoms with Crippen LogP contribution < -0.4 is 4.74 Å². The van der Waals surface area contributed by atoms with Crippen LogP contribution in [0.5, 0.6) is 5.75 Å². The van der Waals surface area contributed by atoms with Gasteiger partial charge in [-0.05, 0) is 18.1 Å². The molecule has 0 aromatic heterocycles. The Labute approximate surface area is 108 Å². The SMILES string of the molecule is CCC1CCCCC1.COc1ccc(F)cc1F. The molecule has 0 aliphatic heterocycles. The Morgan fingerprint density at radius 2 is 1.83 bits per heavy atom. The lowest BCUT2D eigenvalue weighted by Gasteiger charge is -2.18. The molecule has 1 aliphatic carbocycles. The van der Waals surface area contributed by atoms with Gasteiger partial charge in [0.1, 0.15) is 5.82 Å². The summed E-state index contributed by atoms with van der Waals surface area (Å²) in [5.74, 6) is -0.133. The van der Waals surface area contributed by atoms with E-state index < -0.39 is 11.6 Å². The summed E-state index contributed by atoms with van der Waals surface area (Å²) in [6, 6.07) is 3.16. The van der Waals surface area contributed by atoms with E-state index >= 15 is 0 Å². The van der Waals surface area contributed by atoms with Gasteiger partial charge in [-0.3, -0.25) is 0 Å². The molecule has 1 fully saturated rings. The third-order valence-electron chi connectivity index (χ3n) is 3.42. The fourth-order valence-electron chi connectivity index (χ4n) is 2.24. The lowest BCUT2D eigenvalue weighted by Crippen LogP contribution is -2.03. The molecule has 18 heavy (non-hydrogen) atoms. The van der Waals surface area contributed by atoms with E-state index in [1.807, 2.05) is 0 Å². The summed E-state index contributed by atoms with van der Waals surface area (Å²) in [4.78, 5) is 0. The first kappa shape index (κ1) is 14.9. The second-order valence-corrected chi connectivity index (χ2v) is 4.69. The van der Waals surface area contributed by atoms with Crippen molar-refractivity contribution in [1.29, 1.82) is 0 Å². The predicted molar refractivity (Wildman–Crippen MR) is 69.8 cm³/mol. The Balaban J connectivity index is 0.000000184. The normalized spacial score (nSPS) is 15.8. The molecule has 3 heteroatoms. The molecule has 0 saturated heterocycles. The summed E-state index contributed by atoms with van der Waals surface area (Å²) in [5.41, 5.74) is 0. The van der Waals surface area contributed by atoms with Crippen molar-refractivity contribution in [2.75, 3.05) is 7.11 Å². The first-order chi connectivity index (χ1) is 8.67. The molecule has 0 heterocycles. The Hall–Kier alpha value is -1.12. The van der Waals surface area contributed by atoms with Crippen molar-refractivity contribution in [3.8, 4) is 5.75 Å². The highest BCUT2D eigenvalue weighted by Crippen LogP contribution is 2.25.